The van der Waals surface area contributed by atoms with Crippen molar-refractivity contribution in [1.29, 1.82) is 0 Å². The highest BCUT2D eigenvalue weighted by atomic mass is 15.1. The number of H-pyrrole nitrogens is 1. The van der Waals surface area contributed by atoms with Crippen molar-refractivity contribution in [1.82, 2.24) is 9.88 Å². The number of nitrogens with zero attached hydrogens (tertiary/aromatic N) is 1. The van der Waals surface area contributed by atoms with Crippen LogP contribution < -0.4 is 0 Å². The van der Waals surface area contributed by atoms with E-state index in [-0.39, 0.29) is 0 Å². The molecule has 1 heterocycles. The van der Waals surface area contributed by atoms with Gasteiger partial charge in [0, 0.05) is 23.1 Å². The zero-order chi connectivity index (χ0) is 10.1. The van der Waals surface area contributed by atoms with Gasteiger partial charge in [0.1, 0.15) is 0 Å². The number of aromatic amines is 1. The summed E-state index contributed by atoms with van der Waals surface area (Å²) >= 11 is 0. The maximum Gasteiger partial charge on any atom is 0.0459 e. The highest BCUT2D eigenvalue weighted by molar-refractivity contribution is 5.84. The lowest BCUT2D eigenvalue weighted by Gasteiger charge is -2.08. The standard InChI is InChI=1S/C12H16N2/c1-9-10-6-4-5-7-11(10)13-12(9)8-14(2)3/h4-7,13H,8H2,1-3H3. The summed E-state index contributed by atoms with van der Waals surface area (Å²) in [6, 6.07) is 8.45. The van der Waals surface area contributed by atoms with Gasteiger partial charge in [0.2, 0.25) is 0 Å². The maximum atomic E-state index is 3.45. The number of fused-ring (bicyclic) bond motifs is 1. The molecular weight excluding hydrogens is 172 g/mol. The first-order chi connectivity index (χ1) is 6.68. The first-order valence-electron chi connectivity index (χ1n) is 4.89. The number of hydrogen-bond acceptors (Lipinski definition) is 1. The van der Waals surface area contributed by atoms with Crippen molar-refractivity contribution < 1.29 is 0 Å². The molecule has 0 spiro atoms. The van der Waals surface area contributed by atoms with Crippen LogP contribution in [0.5, 0.6) is 0 Å². The summed E-state index contributed by atoms with van der Waals surface area (Å²) in [6.45, 7) is 3.15. The van der Waals surface area contributed by atoms with E-state index in [2.05, 4.69) is 55.2 Å². The van der Waals surface area contributed by atoms with Gasteiger partial charge in [-0.1, -0.05) is 18.2 Å². The summed E-state index contributed by atoms with van der Waals surface area (Å²) in [5.74, 6) is 0. The van der Waals surface area contributed by atoms with E-state index >= 15 is 0 Å². The zero-order valence-electron chi connectivity index (χ0n) is 8.96. The van der Waals surface area contributed by atoms with Gasteiger partial charge in [-0.3, -0.25) is 0 Å². The van der Waals surface area contributed by atoms with Crippen LogP contribution in [-0.2, 0) is 6.54 Å². The van der Waals surface area contributed by atoms with E-state index in [1.807, 2.05) is 0 Å². The summed E-state index contributed by atoms with van der Waals surface area (Å²) in [6.07, 6.45) is 0. The van der Waals surface area contributed by atoms with Crippen LogP contribution in [0.25, 0.3) is 10.9 Å². The fourth-order valence-electron chi connectivity index (χ4n) is 1.81. The Hall–Kier alpha value is -1.28. The number of aromatic nitrogens is 1. The second-order valence-electron chi connectivity index (χ2n) is 4.01. The van der Waals surface area contributed by atoms with E-state index in [0.717, 1.165) is 6.54 Å². The molecule has 14 heavy (non-hydrogen) atoms. The summed E-state index contributed by atoms with van der Waals surface area (Å²) < 4.78 is 0. The molecule has 2 heteroatoms. The fraction of sp³-hybridized carbons (Fsp3) is 0.333. The van der Waals surface area contributed by atoms with Crippen molar-refractivity contribution in [3.05, 3.63) is 35.5 Å². The lowest BCUT2D eigenvalue weighted by Crippen LogP contribution is -2.11. The van der Waals surface area contributed by atoms with E-state index in [0.29, 0.717) is 0 Å². The summed E-state index contributed by atoms with van der Waals surface area (Å²) in [7, 11) is 4.18. The number of nitrogens with one attached hydrogen (secondary N) is 1. The Labute approximate surface area is 84.5 Å². The van der Waals surface area contributed by atoms with Crippen molar-refractivity contribution in [2.45, 2.75) is 13.5 Å². The maximum absolute atomic E-state index is 3.45. The number of rotatable bonds is 2. The Kier molecular flexibility index (Phi) is 2.30. The molecule has 1 aromatic heterocycles. The van der Waals surface area contributed by atoms with Crippen LogP contribution in [0.2, 0.25) is 0 Å². The molecule has 1 N–H and O–H groups in total. The van der Waals surface area contributed by atoms with Gasteiger partial charge in [0.05, 0.1) is 0 Å². The summed E-state index contributed by atoms with van der Waals surface area (Å²) in [5, 5.41) is 1.34. The van der Waals surface area contributed by atoms with Crippen LogP contribution in [-0.4, -0.2) is 24.0 Å². The van der Waals surface area contributed by atoms with Crippen LogP contribution >= 0.6 is 0 Å². The molecule has 0 bridgehead atoms. The fourth-order valence-corrected chi connectivity index (χ4v) is 1.81. The Bertz CT molecular complexity index is 441. The lowest BCUT2D eigenvalue weighted by atomic mass is 10.1. The van der Waals surface area contributed by atoms with E-state index in [1.54, 1.807) is 0 Å². The third-order valence-electron chi connectivity index (χ3n) is 2.54. The minimum absolute atomic E-state index is 0.973. The van der Waals surface area contributed by atoms with E-state index in [4.69, 9.17) is 0 Å². The average molecular weight is 188 g/mol. The van der Waals surface area contributed by atoms with Crippen molar-refractivity contribution in [3.63, 3.8) is 0 Å². The van der Waals surface area contributed by atoms with Crippen LogP contribution in [0.4, 0.5) is 0 Å². The Balaban J connectivity index is 2.51. The molecule has 2 aromatic rings. The second kappa shape index (κ2) is 3.46. The Morgan fingerprint density at radius 2 is 1.93 bits per heavy atom. The van der Waals surface area contributed by atoms with Crippen molar-refractivity contribution in [2.24, 2.45) is 0 Å². The molecule has 2 rings (SSSR count). The molecule has 0 aliphatic carbocycles. The summed E-state index contributed by atoms with van der Waals surface area (Å²) in [5.41, 5.74) is 3.92. The SMILES string of the molecule is Cc1c(CN(C)C)[nH]c2ccccc12. The molecule has 0 saturated carbocycles. The van der Waals surface area contributed by atoms with Crippen molar-refractivity contribution in [2.75, 3.05) is 14.1 Å². The van der Waals surface area contributed by atoms with Gasteiger partial charge in [-0.2, -0.15) is 0 Å². The molecule has 0 aliphatic heterocycles. The number of para-hydroxylation sites is 1. The molecule has 0 amide bonds. The number of benzene rings is 1. The molecule has 0 saturated heterocycles. The van der Waals surface area contributed by atoms with Crippen LogP contribution in [0.3, 0.4) is 0 Å². The van der Waals surface area contributed by atoms with E-state index < -0.39 is 0 Å². The summed E-state index contributed by atoms with van der Waals surface area (Å²) in [4.78, 5) is 5.63. The molecule has 2 nitrogen and oxygen atoms in total. The monoisotopic (exact) mass is 188 g/mol. The minimum Gasteiger partial charge on any atom is -0.357 e. The Morgan fingerprint density at radius 1 is 1.21 bits per heavy atom. The Morgan fingerprint density at radius 3 is 2.57 bits per heavy atom. The number of hydrogen-bond donors (Lipinski definition) is 1. The third-order valence-corrected chi connectivity index (χ3v) is 2.54. The molecule has 0 aliphatic rings. The quantitative estimate of drug-likeness (QED) is 0.767. The van der Waals surface area contributed by atoms with Crippen LogP contribution in [0, 0.1) is 6.92 Å². The predicted octanol–water partition coefficient (Wildman–Crippen LogP) is 2.54. The molecule has 1 aromatic carbocycles. The molecule has 0 atom stereocenters. The lowest BCUT2D eigenvalue weighted by molar-refractivity contribution is 0.397. The van der Waals surface area contributed by atoms with Gasteiger partial charge >= 0.3 is 0 Å². The van der Waals surface area contributed by atoms with E-state index in [9.17, 15) is 0 Å². The van der Waals surface area contributed by atoms with Gasteiger partial charge in [0.25, 0.3) is 0 Å². The highest BCUT2D eigenvalue weighted by Gasteiger charge is 2.06. The van der Waals surface area contributed by atoms with Gasteiger partial charge in [-0.15, -0.1) is 0 Å². The largest absolute Gasteiger partial charge is 0.357 e. The minimum atomic E-state index is 0.973. The first-order valence-corrected chi connectivity index (χ1v) is 4.89. The molecule has 0 fully saturated rings. The zero-order valence-corrected chi connectivity index (χ0v) is 8.96. The van der Waals surface area contributed by atoms with Gasteiger partial charge in [-0.05, 0) is 32.6 Å². The van der Waals surface area contributed by atoms with E-state index in [1.165, 1.54) is 22.2 Å². The predicted molar refractivity (Wildman–Crippen MR) is 60.4 cm³/mol. The number of aryl methyl sites for hydroxylation is 1. The van der Waals surface area contributed by atoms with Crippen LogP contribution in [0.15, 0.2) is 24.3 Å². The second-order valence-corrected chi connectivity index (χ2v) is 4.01. The molecule has 0 radical (unpaired) electrons. The molecule has 74 valence electrons. The topological polar surface area (TPSA) is 19.0 Å². The van der Waals surface area contributed by atoms with Gasteiger partial charge in [-0.25, -0.2) is 0 Å². The normalized spacial score (nSPS) is 11.4. The third kappa shape index (κ3) is 1.53. The highest BCUT2D eigenvalue weighted by Crippen LogP contribution is 2.21. The molecule has 0 unspecified atom stereocenters. The van der Waals surface area contributed by atoms with Gasteiger partial charge < -0.3 is 9.88 Å². The smallest absolute Gasteiger partial charge is 0.0459 e. The molecular formula is C12H16N2. The van der Waals surface area contributed by atoms with Gasteiger partial charge in [0.15, 0.2) is 0 Å². The van der Waals surface area contributed by atoms with Crippen molar-refractivity contribution in [3.8, 4) is 0 Å². The average Bonchev–Trinajstić information content (AvgIpc) is 2.44. The van der Waals surface area contributed by atoms with Crippen LogP contribution in [0.1, 0.15) is 11.3 Å². The first kappa shape index (κ1) is 9.28. The van der Waals surface area contributed by atoms with Crippen molar-refractivity contribution >= 4 is 10.9 Å².